The van der Waals surface area contributed by atoms with E-state index in [0.29, 0.717) is 54.6 Å². The van der Waals surface area contributed by atoms with Crippen LogP contribution in [0.4, 0.5) is 4.79 Å². The molecule has 2 aromatic rings. The van der Waals surface area contributed by atoms with Crippen LogP contribution >= 0.6 is 0 Å². The standard InChI is InChI=1S/C29H37N3O6/c1-34-15-16-37-29(33)31-19-23-10-11-24(20-31)32(23)14-4-5-26(22-8-6-21(18-30)7-9-22)38-25-12-13-27(35-2)28(17-25)36-3/h6-9,12-13,17,23-24,26H,4-5,10-11,14-16,19-20H2,1-3H3. The van der Waals surface area contributed by atoms with Crippen LogP contribution < -0.4 is 14.2 Å². The zero-order chi connectivity index (χ0) is 26.9. The summed E-state index contributed by atoms with van der Waals surface area (Å²) in [5.74, 6) is 1.95. The number of piperazine rings is 1. The van der Waals surface area contributed by atoms with E-state index in [2.05, 4.69) is 11.0 Å². The molecule has 0 aliphatic carbocycles. The molecule has 38 heavy (non-hydrogen) atoms. The topological polar surface area (TPSA) is 93.5 Å². The Kier molecular flexibility index (Phi) is 9.68. The maximum atomic E-state index is 12.4. The number of hydrogen-bond donors (Lipinski definition) is 0. The molecule has 2 saturated heterocycles. The van der Waals surface area contributed by atoms with E-state index in [0.717, 1.165) is 37.8 Å². The number of nitrogens with zero attached hydrogens (tertiary/aromatic N) is 3. The van der Waals surface area contributed by atoms with Gasteiger partial charge in [-0.1, -0.05) is 12.1 Å². The van der Waals surface area contributed by atoms with Crippen LogP contribution in [0.5, 0.6) is 17.2 Å². The van der Waals surface area contributed by atoms with Crippen LogP contribution in [0.15, 0.2) is 42.5 Å². The first-order valence-electron chi connectivity index (χ1n) is 13.1. The summed E-state index contributed by atoms with van der Waals surface area (Å²) in [6.07, 6.45) is 3.49. The molecule has 0 aromatic heterocycles. The Balaban J connectivity index is 1.38. The molecule has 2 aliphatic heterocycles. The highest BCUT2D eigenvalue weighted by atomic mass is 16.6. The van der Waals surface area contributed by atoms with Gasteiger partial charge in [-0.05, 0) is 62.1 Å². The van der Waals surface area contributed by atoms with Gasteiger partial charge in [0.1, 0.15) is 18.5 Å². The number of ether oxygens (including phenoxy) is 5. The fourth-order valence-electron chi connectivity index (χ4n) is 5.39. The number of fused-ring (bicyclic) bond motifs is 2. The highest BCUT2D eigenvalue weighted by Gasteiger charge is 2.41. The highest BCUT2D eigenvalue weighted by Crippen LogP contribution is 2.35. The van der Waals surface area contributed by atoms with Gasteiger partial charge >= 0.3 is 6.09 Å². The van der Waals surface area contributed by atoms with Gasteiger partial charge in [0.15, 0.2) is 11.5 Å². The van der Waals surface area contributed by atoms with E-state index < -0.39 is 0 Å². The summed E-state index contributed by atoms with van der Waals surface area (Å²) < 4.78 is 27.6. The lowest BCUT2D eigenvalue weighted by Crippen LogP contribution is -2.55. The van der Waals surface area contributed by atoms with Gasteiger partial charge < -0.3 is 28.6 Å². The van der Waals surface area contributed by atoms with Crippen molar-refractivity contribution in [1.82, 2.24) is 9.80 Å². The molecule has 1 amide bonds. The van der Waals surface area contributed by atoms with E-state index in [1.807, 2.05) is 47.4 Å². The smallest absolute Gasteiger partial charge is 0.409 e. The summed E-state index contributed by atoms with van der Waals surface area (Å²) in [4.78, 5) is 16.8. The number of carbonyl (C=O) groups excluding carboxylic acids is 1. The van der Waals surface area contributed by atoms with E-state index in [1.54, 1.807) is 21.3 Å². The van der Waals surface area contributed by atoms with Crippen molar-refractivity contribution in [3.05, 3.63) is 53.6 Å². The Morgan fingerprint density at radius 3 is 2.34 bits per heavy atom. The van der Waals surface area contributed by atoms with Gasteiger partial charge in [-0.2, -0.15) is 5.26 Å². The lowest BCUT2D eigenvalue weighted by atomic mass is 10.0. The van der Waals surface area contributed by atoms with Crippen molar-refractivity contribution in [2.45, 2.75) is 43.9 Å². The van der Waals surface area contributed by atoms with E-state index in [-0.39, 0.29) is 18.8 Å². The van der Waals surface area contributed by atoms with E-state index >= 15 is 0 Å². The van der Waals surface area contributed by atoms with Gasteiger partial charge in [0.05, 0.1) is 32.5 Å². The average molecular weight is 524 g/mol. The minimum Gasteiger partial charge on any atom is -0.493 e. The number of hydrogen-bond acceptors (Lipinski definition) is 8. The first-order valence-corrected chi connectivity index (χ1v) is 13.1. The lowest BCUT2D eigenvalue weighted by Gasteiger charge is -2.40. The van der Waals surface area contributed by atoms with Crippen molar-refractivity contribution in [3.8, 4) is 23.3 Å². The second-order valence-corrected chi connectivity index (χ2v) is 9.63. The number of nitriles is 1. The third-order valence-corrected chi connectivity index (χ3v) is 7.33. The Hall–Kier alpha value is -3.48. The first-order chi connectivity index (χ1) is 18.6. The third-order valence-electron chi connectivity index (χ3n) is 7.33. The summed E-state index contributed by atoms with van der Waals surface area (Å²) in [7, 11) is 4.81. The number of methoxy groups -OCH3 is 3. The van der Waals surface area contributed by atoms with E-state index in [4.69, 9.17) is 23.7 Å². The molecule has 0 radical (unpaired) electrons. The Labute approximate surface area is 224 Å². The van der Waals surface area contributed by atoms with Crippen molar-refractivity contribution in [3.63, 3.8) is 0 Å². The molecule has 2 bridgehead atoms. The van der Waals surface area contributed by atoms with Crippen LogP contribution in [0.3, 0.4) is 0 Å². The van der Waals surface area contributed by atoms with Crippen molar-refractivity contribution >= 4 is 6.09 Å². The SMILES string of the molecule is COCCOC(=O)N1CC2CCC(C1)N2CCCC(Oc1ccc(OC)c(OC)c1)c1ccc(C#N)cc1. The molecule has 204 valence electrons. The van der Waals surface area contributed by atoms with Crippen LogP contribution in [-0.2, 0) is 9.47 Å². The molecule has 9 heteroatoms. The summed E-state index contributed by atoms with van der Waals surface area (Å²) in [6.45, 7) is 3.02. The molecule has 2 heterocycles. The van der Waals surface area contributed by atoms with Crippen LogP contribution in [0.25, 0.3) is 0 Å². The highest BCUT2D eigenvalue weighted by molar-refractivity contribution is 5.68. The molecule has 2 fully saturated rings. The number of rotatable bonds is 12. The fraction of sp³-hybridized carbons (Fsp3) is 0.517. The average Bonchev–Trinajstić information content (AvgIpc) is 3.18. The van der Waals surface area contributed by atoms with Gasteiger partial charge in [0.2, 0.25) is 0 Å². The van der Waals surface area contributed by atoms with Crippen molar-refractivity contribution < 1.29 is 28.5 Å². The van der Waals surface area contributed by atoms with Crippen molar-refractivity contribution in [1.29, 1.82) is 5.26 Å². The second kappa shape index (κ2) is 13.4. The predicted molar refractivity (Wildman–Crippen MR) is 142 cm³/mol. The molecule has 0 N–H and O–H groups in total. The minimum absolute atomic E-state index is 0.185. The predicted octanol–water partition coefficient (Wildman–Crippen LogP) is 4.41. The second-order valence-electron chi connectivity index (χ2n) is 9.63. The molecular formula is C29H37N3O6. The molecule has 3 atom stereocenters. The third kappa shape index (κ3) is 6.69. The molecule has 0 spiro atoms. The van der Waals surface area contributed by atoms with Crippen LogP contribution in [0, 0.1) is 11.3 Å². The molecule has 2 aromatic carbocycles. The number of likely N-dealkylation sites (tertiary alicyclic amines) is 1. The summed E-state index contributed by atoms with van der Waals surface area (Å²) >= 11 is 0. The van der Waals surface area contributed by atoms with Crippen LogP contribution in [0.1, 0.15) is 42.9 Å². The maximum Gasteiger partial charge on any atom is 0.409 e. The Bertz CT molecular complexity index is 1090. The first kappa shape index (κ1) is 27.6. The van der Waals surface area contributed by atoms with Crippen LogP contribution in [0.2, 0.25) is 0 Å². The zero-order valence-corrected chi connectivity index (χ0v) is 22.4. The van der Waals surface area contributed by atoms with Crippen molar-refractivity contribution in [2.24, 2.45) is 0 Å². The zero-order valence-electron chi connectivity index (χ0n) is 22.4. The fourth-order valence-corrected chi connectivity index (χ4v) is 5.39. The van der Waals surface area contributed by atoms with Gasteiger partial charge in [-0.3, -0.25) is 4.90 Å². The number of carbonyl (C=O) groups is 1. The molecular weight excluding hydrogens is 486 g/mol. The molecule has 4 rings (SSSR count). The van der Waals surface area contributed by atoms with Gasteiger partial charge in [-0.25, -0.2) is 4.79 Å². The summed E-state index contributed by atoms with van der Waals surface area (Å²) in [6, 6.07) is 16.0. The Morgan fingerprint density at radius 2 is 1.71 bits per heavy atom. The minimum atomic E-state index is -0.247. The quantitative estimate of drug-likeness (QED) is 0.378. The molecule has 9 nitrogen and oxygen atoms in total. The Morgan fingerprint density at radius 1 is 1.00 bits per heavy atom. The van der Waals surface area contributed by atoms with E-state index in [9.17, 15) is 10.1 Å². The van der Waals surface area contributed by atoms with Gasteiger partial charge in [0, 0.05) is 38.3 Å². The normalized spacial score (nSPS) is 19.5. The van der Waals surface area contributed by atoms with E-state index in [1.165, 1.54) is 0 Å². The summed E-state index contributed by atoms with van der Waals surface area (Å²) in [5.41, 5.74) is 1.64. The van der Waals surface area contributed by atoms with Crippen molar-refractivity contribution in [2.75, 3.05) is 54.2 Å². The molecule has 2 aliphatic rings. The molecule has 0 saturated carbocycles. The lowest BCUT2D eigenvalue weighted by molar-refractivity contribution is 0.0331. The summed E-state index contributed by atoms with van der Waals surface area (Å²) in [5, 5.41) is 9.21. The monoisotopic (exact) mass is 523 g/mol. The largest absolute Gasteiger partial charge is 0.493 e. The maximum absolute atomic E-state index is 12.4. The van der Waals surface area contributed by atoms with Gasteiger partial charge in [-0.15, -0.1) is 0 Å². The van der Waals surface area contributed by atoms with Gasteiger partial charge in [0.25, 0.3) is 0 Å². The number of benzene rings is 2. The van der Waals surface area contributed by atoms with Crippen LogP contribution in [-0.4, -0.2) is 82.2 Å². The number of amides is 1. The molecule has 3 unspecified atom stereocenters.